The first kappa shape index (κ1) is 12.9. The summed E-state index contributed by atoms with van der Waals surface area (Å²) in [6.45, 7) is 4.33. The van der Waals surface area contributed by atoms with Gasteiger partial charge in [-0.05, 0) is 32.8 Å². The molecule has 1 saturated carbocycles. The van der Waals surface area contributed by atoms with Gasteiger partial charge in [0.2, 0.25) is 0 Å². The van der Waals surface area contributed by atoms with Gasteiger partial charge in [0, 0.05) is 17.9 Å². The molecule has 0 amide bonds. The number of halogens is 1. The highest BCUT2D eigenvalue weighted by Gasteiger charge is 2.48. The van der Waals surface area contributed by atoms with E-state index in [4.69, 9.17) is 10.5 Å². The van der Waals surface area contributed by atoms with Gasteiger partial charge in [-0.25, -0.2) is 0 Å². The minimum atomic E-state index is 0.0467. The molecule has 100 valence electrons. The maximum absolute atomic E-state index is 6.15. The Labute approximate surface area is 122 Å². The van der Waals surface area contributed by atoms with Crippen LogP contribution < -0.4 is 10.5 Å². The van der Waals surface area contributed by atoms with Gasteiger partial charge in [0.15, 0.2) is 0 Å². The summed E-state index contributed by atoms with van der Waals surface area (Å²) in [5.74, 6) is 0.906. The molecule has 1 fully saturated rings. The highest BCUT2D eigenvalue weighted by Crippen LogP contribution is 2.43. The van der Waals surface area contributed by atoms with Crippen molar-refractivity contribution in [1.82, 2.24) is 0 Å². The molecule has 3 rings (SSSR count). The predicted octanol–water partition coefficient (Wildman–Crippen LogP) is 4.11. The number of rotatable bonds is 2. The number of fused-ring (bicyclic) bond motifs is 1. The summed E-state index contributed by atoms with van der Waals surface area (Å²) in [7, 11) is 0. The Balaban J connectivity index is 1.92. The van der Waals surface area contributed by atoms with Gasteiger partial charge in [-0.15, -0.1) is 0 Å². The summed E-state index contributed by atoms with van der Waals surface area (Å²) in [4.78, 5) is 0. The lowest BCUT2D eigenvalue weighted by molar-refractivity contribution is -0.0403. The highest BCUT2D eigenvalue weighted by atomic mass is 79.9. The monoisotopic (exact) mass is 319 g/mol. The zero-order valence-corrected chi connectivity index (χ0v) is 12.8. The van der Waals surface area contributed by atoms with E-state index < -0.39 is 0 Å². The third-order valence-electron chi connectivity index (χ3n) is 4.35. The molecule has 2 N–H and O–H groups in total. The largest absolute Gasteiger partial charge is 0.489 e. The molecule has 1 aliphatic rings. The van der Waals surface area contributed by atoms with Crippen LogP contribution in [0.5, 0.6) is 5.75 Å². The lowest BCUT2D eigenvalue weighted by Gasteiger charge is -2.49. The Morgan fingerprint density at radius 1 is 1.21 bits per heavy atom. The van der Waals surface area contributed by atoms with Crippen LogP contribution in [-0.4, -0.2) is 12.1 Å². The number of ether oxygens (including phenoxy) is 1. The molecule has 1 aliphatic carbocycles. The van der Waals surface area contributed by atoms with Gasteiger partial charge in [0.1, 0.15) is 11.9 Å². The van der Waals surface area contributed by atoms with Crippen molar-refractivity contribution in [1.29, 1.82) is 0 Å². The van der Waals surface area contributed by atoms with Crippen molar-refractivity contribution >= 4 is 26.7 Å². The molecule has 2 aromatic rings. The SMILES string of the molecule is CC1(C)C(N)CC1Oc1ccc2ccccc2c1Br. The maximum atomic E-state index is 6.15. The molecule has 2 atom stereocenters. The number of nitrogens with two attached hydrogens (primary N) is 1. The average Bonchev–Trinajstić information content (AvgIpc) is 2.41. The zero-order valence-electron chi connectivity index (χ0n) is 11.2. The van der Waals surface area contributed by atoms with Crippen molar-refractivity contribution in [3.8, 4) is 5.75 Å². The van der Waals surface area contributed by atoms with E-state index in [1.807, 2.05) is 18.2 Å². The molecule has 0 radical (unpaired) electrons. The van der Waals surface area contributed by atoms with Crippen LogP contribution in [0.15, 0.2) is 40.9 Å². The van der Waals surface area contributed by atoms with Gasteiger partial charge in [-0.1, -0.05) is 44.2 Å². The minimum Gasteiger partial charge on any atom is -0.489 e. The summed E-state index contributed by atoms with van der Waals surface area (Å²) in [6, 6.07) is 12.7. The van der Waals surface area contributed by atoms with Crippen molar-refractivity contribution in [2.45, 2.75) is 32.4 Å². The molecule has 2 aromatic carbocycles. The van der Waals surface area contributed by atoms with E-state index in [1.165, 1.54) is 10.8 Å². The first-order chi connectivity index (χ1) is 9.00. The van der Waals surface area contributed by atoms with Gasteiger partial charge >= 0.3 is 0 Å². The topological polar surface area (TPSA) is 35.2 Å². The quantitative estimate of drug-likeness (QED) is 0.904. The van der Waals surface area contributed by atoms with Gasteiger partial charge in [0.25, 0.3) is 0 Å². The fourth-order valence-electron chi connectivity index (χ4n) is 2.57. The van der Waals surface area contributed by atoms with Crippen molar-refractivity contribution < 1.29 is 4.74 Å². The van der Waals surface area contributed by atoms with Crippen LogP contribution in [0.25, 0.3) is 10.8 Å². The lowest BCUT2D eigenvalue weighted by Crippen LogP contribution is -2.60. The van der Waals surface area contributed by atoms with Crippen LogP contribution in [0, 0.1) is 5.41 Å². The predicted molar refractivity (Wildman–Crippen MR) is 82.4 cm³/mol. The van der Waals surface area contributed by atoms with E-state index in [0.29, 0.717) is 0 Å². The molecular weight excluding hydrogens is 302 g/mol. The van der Waals surface area contributed by atoms with E-state index in [9.17, 15) is 0 Å². The molecular formula is C16H18BrNO. The standard InChI is InChI=1S/C16H18BrNO/c1-16(2)13(18)9-14(16)19-12-8-7-10-5-3-4-6-11(10)15(12)17/h3-8,13-14H,9,18H2,1-2H3. The fourth-order valence-corrected chi connectivity index (χ4v) is 3.16. The van der Waals surface area contributed by atoms with Crippen LogP contribution in [0.3, 0.4) is 0 Å². The second-order valence-electron chi connectivity index (χ2n) is 5.87. The smallest absolute Gasteiger partial charge is 0.134 e. The minimum absolute atomic E-state index is 0.0467. The number of hydrogen-bond donors (Lipinski definition) is 1. The van der Waals surface area contributed by atoms with Crippen molar-refractivity contribution in [2.75, 3.05) is 0 Å². The molecule has 0 saturated heterocycles. The summed E-state index contributed by atoms with van der Waals surface area (Å²) in [6.07, 6.45) is 1.12. The third-order valence-corrected chi connectivity index (χ3v) is 5.17. The van der Waals surface area contributed by atoms with E-state index in [-0.39, 0.29) is 17.6 Å². The third kappa shape index (κ3) is 2.05. The first-order valence-electron chi connectivity index (χ1n) is 6.59. The summed E-state index contributed by atoms with van der Waals surface area (Å²) in [5.41, 5.74) is 6.08. The Morgan fingerprint density at radius 2 is 1.95 bits per heavy atom. The Morgan fingerprint density at radius 3 is 2.63 bits per heavy atom. The molecule has 0 bridgehead atoms. The molecule has 0 heterocycles. The van der Waals surface area contributed by atoms with E-state index >= 15 is 0 Å². The van der Waals surface area contributed by atoms with Crippen molar-refractivity contribution in [3.63, 3.8) is 0 Å². The Hall–Kier alpha value is -1.06. The average molecular weight is 320 g/mol. The number of hydrogen-bond acceptors (Lipinski definition) is 2. The molecule has 3 heteroatoms. The molecule has 2 unspecified atom stereocenters. The van der Waals surface area contributed by atoms with Crippen molar-refractivity contribution in [2.24, 2.45) is 11.1 Å². The molecule has 19 heavy (non-hydrogen) atoms. The zero-order chi connectivity index (χ0) is 13.6. The summed E-state index contributed by atoms with van der Waals surface area (Å²) < 4.78 is 7.18. The molecule has 0 spiro atoms. The van der Waals surface area contributed by atoms with E-state index in [0.717, 1.165) is 16.6 Å². The fraction of sp³-hybridized carbons (Fsp3) is 0.375. The molecule has 2 nitrogen and oxygen atoms in total. The second-order valence-corrected chi connectivity index (χ2v) is 6.66. The molecule has 0 aromatic heterocycles. The lowest BCUT2D eigenvalue weighted by atomic mass is 9.65. The Kier molecular flexibility index (Phi) is 3.06. The van der Waals surface area contributed by atoms with Gasteiger partial charge in [0.05, 0.1) is 4.47 Å². The van der Waals surface area contributed by atoms with Crippen LogP contribution in [0.1, 0.15) is 20.3 Å². The van der Waals surface area contributed by atoms with E-state index in [1.54, 1.807) is 0 Å². The normalized spacial score (nSPS) is 25.1. The second kappa shape index (κ2) is 4.50. The maximum Gasteiger partial charge on any atom is 0.134 e. The van der Waals surface area contributed by atoms with Crippen LogP contribution in [-0.2, 0) is 0 Å². The van der Waals surface area contributed by atoms with Crippen LogP contribution >= 0.6 is 15.9 Å². The highest BCUT2D eigenvalue weighted by molar-refractivity contribution is 9.10. The number of benzene rings is 2. The Bertz CT molecular complexity index is 623. The van der Waals surface area contributed by atoms with Gasteiger partial charge in [-0.2, -0.15) is 0 Å². The first-order valence-corrected chi connectivity index (χ1v) is 7.39. The summed E-state index contributed by atoms with van der Waals surface area (Å²) >= 11 is 3.66. The molecule has 0 aliphatic heterocycles. The van der Waals surface area contributed by atoms with Crippen LogP contribution in [0.2, 0.25) is 0 Å². The van der Waals surface area contributed by atoms with Gasteiger partial charge < -0.3 is 10.5 Å². The van der Waals surface area contributed by atoms with Crippen molar-refractivity contribution in [3.05, 3.63) is 40.9 Å². The van der Waals surface area contributed by atoms with Gasteiger partial charge in [-0.3, -0.25) is 0 Å². The van der Waals surface area contributed by atoms with Crippen LogP contribution in [0.4, 0.5) is 0 Å². The van der Waals surface area contributed by atoms with E-state index in [2.05, 4.69) is 48.0 Å². The summed E-state index contributed by atoms with van der Waals surface area (Å²) in [5, 5.41) is 2.40.